The number of aromatic nitrogens is 1. The van der Waals surface area contributed by atoms with E-state index in [1.54, 1.807) is 6.08 Å². The van der Waals surface area contributed by atoms with Crippen LogP contribution in [0.1, 0.15) is 16.9 Å². The van der Waals surface area contributed by atoms with Crippen molar-refractivity contribution in [3.63, 3.8) is 0 Å². The normalized spacial score (nSPS) is 25.9. The van der Waals surface area contributed by atoms with Gasteiger partial charge in [0.25, 0.3) is 5.91 Å². The van der Waals surface area contributed by atoms with Crippen LogP contribution in [0, 0.1) is 0 Å². The second kappa shape index (κ2) is 6.03. The molecule has 1 aromatic rings. The van der Waals surface area contributed by atoms with E-state index in [0.29, 0.717) is 12.6 Å². The van der Waals surface area contributed by atoms with Crippen LogP contribution in [0.5, 0.6) is 0 Å². The molecule has 5 heteroatoms. The SMILES string of the molecule is C=CCO[C@@H]1C[C@H]2CN(C(=O)c3cccn3C)CCN2C1. The predicted octanol–water partition coefficient (Wildman–Crippen LogP) is 1.13. The third kappa shape index (κ3) is 2.89. The summed E-state index contributed by atoms with van der Waals surface area (Å²) in [7, 11) is 1.91. The average molecular weight is 289 g/mol. The van der Waals surface area contributed by atoms with Gasteiger partial charge in [0.15, 0.2) is 0 Å². The number of piperazine rings is 1. The van der Waals surface area contributed by atoms with Gasteiger partial charge in [-0.05, 0) is 18.6 Å². The lowest BCUT2D eigenvalue weighted by molar-refractivity contribution is 0.0552. The molecule has 2 atom stereocenters. The van der Waals surface area contributed by atoms with Crippen LogP contribution in [0.2, 0.25) is 0 Å². The monoisotopic (exact) mass is 289 g/mol. The number of fused-ring (bicyclic) bond motifs is 1. The zero-order chi connectivity index (χ0) is 14.8. The number of carbonyl (C=O) groups excluding carboxylic acids is 1. The van der Waals surface area contributed by atoms with E-state index in [-0.39, 0.29) is 12.0 Å². The number of nitrogens with zero attached hydrogens (tertiary/aromatic N) is 3. The lowest BCUT2D eigenvalue weighted by atomic mass is 10.1. The van der Waals surface area contributed by atoms with E-state index >= 15 is 0 Å². The van der Waals surface area contributed by atoms with Crippen molar-refractivity contribution in [3.8, 4) is 0 Å². The molecule has 0 saturated carbocycles. The highest BCUT2D eigenvalue weighted by molar-refractivity contribution is 5.92. The van der Waals surface area contributed by atoms with Crippen molar-refractivity contribution >= 4 is 5.91 Å². The Labute approximate surface area is 125 Å². The van der Waals surface area contributed by atoms with Crippen molar-refractivity contribution in [2.24, 2.45) is 7.05 Å². The summed E-state index contributed by atoms with van der Waals surface area (Å²) >= 11 is 0. The van der Waals surface area contributed by atoms with Gasteiger partial charge in [0.05, 0.1) is 12.7 Å². The highest BCUT2D eigenvalue weighted by Crippen LogP contribution is 2.25. The molecular weight excluding hydrogens is 266 g/mol. The first kappa shape index (κ1) is 14.4. The molecule has 3 rings (SSSR count). The van der Waals surface area contributed by atoms with Crippen molar-refractivity contribution in [1.29, 1.82) is 0 Å². The summed E-state index contributed by atoms with van der Waals surface area (Å²) in [6.07, 6.45) is 4.99. The quantitative estimate of drug-likeness (QED) is 0.780. The average Bonchev–Trinajstić information content (AvgIpc) is 3.09. The van der Waals surface area contributed by atoms with E-state index in [9.17, 15) is 4.79 Å². The lowest BCUT2D eigenvalue weighted by Crippen LogP contribution is -2.52. The molecule has 5 nitrogen and oxygen atoms in total. The van der Waals surface area contributed by atoms with E-state index in [0.717, 1.165) is 38.3 Å². The maximum atomic E-state index is 12.6. The Morgan fingerprint density at radius 3 is 3.05 bits per heavy atom. The maximum absolute atomic E-state index is 12.6. The molecule has 0 aromatic carbocycles. The fraction of sp³-hybridized carbons (Fsp3) is 0.562. The Morgan fingerprint density at radius 1 is 1.48 bits per heavy atom. The smallest absolute Gasteiger partial charge is 0.270 e. The summed E-state index contributed by atoms with van der Waals surface area (Å²) in [6, 6.07) is 4.23. The maximum Gasteiger partial charge on any atom is 0.270 e. The number of hydrogen-bond acceptors (Lipinski definition) is 3. The minimum Gasteiger partial charge on any atom is -0.373 e. The minimum atomic E-state index is 0.137. The molecule has 114 valence electrons. The Hall–Kier alpha value is -1.59. The fourth-order valence-electron chi connectivity index (χ4n) is 3.35. The molecule has 1 aromatic heterocycles. The molecule has 0 aliphatic carbocycles. The van der Waals surface area contributed by atoms with Gasteiger partial charge < -0.3 is 14.2 Å². The van der Waals surface area contributed by atoms with E-state index in [1.165, 1.54) is 0 Å². The molecular formula is C16H23N3O2. The molecule has 0 radical (unpaired) electrons. The number of aryl methyl sites for hydroxylation is 1. The van der Waals surface area contributed by atoms with Crippen molar-refractivity contribution in [1.82, 2.24) is 14.4 Å². The topological polar surface area (TPSA) is 37.7 Å². The number of amides is 1. The van der Waals surface area contributed by atoms with E-state index in [2.05, 4.69) is 11.5 Å². The van der Waals surface area contributed by atoms with Crippen LogP contribution in [-0.2, 0) is 11.8 Å². The summed E-state index contributed by atoms with van der Waals surface area (Å²) in [6.45, 7) is 7.82. The van der Waals surface area contributed by atoms with E-state index in [1.807, 2.05) is 34.8 Å². The molecule has 0 unspecified atom stereocenters. The van der Waals surface area contributed by atoms with Crippen molar-refractivity contribution < 1.29 is 9.53 Å². The highest BCUT2D eigenvalue weighted by Gasteiger charge is 2.38. The van der Waals surface area contributed by atoms with Crippen LogP contribution in [0.15, 0.2) is 31.0 Å². The van der Waals surface area contributed by atoms with Gasteiger partial charge in [-0.1, -0.05) is 6.08 Å². The predicted molar refractivity (Wildman–Crippen MR) is 81.2 cm³/mol. The van der Waals surface area contributed by atoms with Gasteiger partial charge in [0.1, 0.15) is 5.69 Å². The van der Waals surface area contributed by atoms with Gasteiger partial charge in [-0.15, -0.1) is 6.58 Å². The summed E-state index contributed by atoms with van der Waals surface area (Å²) < 4.78 is 7.65. The Kier molecular flexibility index (Phi) is 4.12. The van der Waals surface area contributed by atoms with Crippen LogP contribution in [0.25, 0.3) is 0 Å². The number of ether oxygens (including phenoxy) is 1. The first-order chi connectivity index (χ1) is 10.2. The molecule has 0 bridgehead atoms. The van der Waals surface area contributed by atoms with Gasteiger partial charge in [-0.3, -0.25) is 9.69 Å². The van der Waals surface area contributed by atoms with Crippen molar-refractivity contribution in [3.05, 3.63) is 36.7 Å². The lowest BCUT2D eigenvalue weighted by Gasteiger charge is -2.37. The summed E-state index contributed by atoms with van der Waals surface area (Å²) in [5.74, 6) is 0.137. The Balaban J connectivity index is 1.61. The van der Waals surface area contributed by atoms with Crippen LogP contribution < -0.4 is 0 Å². The first-order valence-corrected chi connectivity index (χ1v) is 7.56. The zero-order valence-electron chi connectivity index (χ0n) is 12.6. The number of hydrogen-bond donors (Lipinski definition) is 0. The summed E-state index contributed by atoms with van der Waals surface area (Å²) in [5.41, 5.74) is 0.765. The van der Waals surface area contributed by atoms with Gasteiger partial charge in [-0.2, -0.15) is 0 Å². The van der Waals surface area contributed by atoms with Crippen LogP contribution in [-0.4, -0.2) is 65.2 Å². The van der Waals surface area contributed by atoms with Crippen LogP contribution >= 0.6 is 0 Å². The molecule has 2 saturated heterocycles. The van der Waals surface area contributed by atoms with Gasteiger partial charge in [0.2, 0.25) is 0 Å². The summed E-state index contributed by atoms with van der Waals surface area (Å²) in [5, 5.41) is 0. The zero-order valence-corrected chi connectivity index (χ0v) is 12.6. The van der Waals surface area contributed by atoms with Gasteiger partial charge in [-0.25, -0.2) is 0 Å². The molecule has 0 N–H and O–H groups in total. The molecule has 1 amide bonds. The summed E-state index contributed by atoms with van der Waals surface area (Å²) in [4.78, 5) is 17.0. The highest BCUT2D eigenvalue weighted by atomic mass is 16.5. The molecule has 21 heavy (non-hydrogen) atoms. The first-order valence-electron chi connectivity index (χ1n) is 7.56. The molecule has 2 fully saturated rings. The van der Waals surface area contributed by atoms with Crippen LogP contribution in [0.4, 0.5) is 0 Å². The minimum absolute atomic E-state index is 0.137. The third-order valence-corrected chi connectivity index (χ3v) is 4.48. The molecule has 2 aliphatic heterocycles. The van der Waals surface area contributed by atoms with E-state index in [4.69, 9.17) is 4.74 Å². The van der Waals surface area contributed by atoms with Gasteiger partial charge >= 0.3 is 0 Å². The second-order valence-electron chi connectivity index (χ2n) is 5.88. The molecule has 0 spiro atoms. The second-order valence-corrected chi connectivity index (χ2v) is 5.88. The Morgan fingerprint density at radius 2 is 2.33 bits per heavy atom. The molecule has 2 aliphatic rings. The largest absolute Gasteiger partial charge is 0.373 e. The van der Waals surface area contributed by atoms with Crippen molar-refractivity contribution in [2.75, 3.05) is 32.8 Å². The number of rotatable bonds is 4. The van der Waals surface area contributed by atoms with Gasteiger partial charge in [0, 0.05) is 45.5 Å². The number of carbonyl (C=O) groups is 1. The van der Waals surface area contributed by atoms with E-state index < -0.39 is 0 Å². The third-order valence-electron chi connectivity index (χ3n) is 4.48. The standard InChI is InChI=1S/C16H23N3O2/c1-3-9-21-14-10-13-11-19(8-7-18(13)12-14)16(20)15-5-4-6-17(15)2/h3-6,13-14H,1,7-12H2,2H3/t13-,14+/m0/s1. The molecule has 3 heterocycles. The van der Waals surface area contributed by atoms with Crippen molar-refractivity contribution in [2.45, 2.75) is 18.6 Å². The Bertz CT molecular complexity index is 525. The van der Waals surface area contributed by atoms with Crippen LogP contribution in [0.3, 0.4) is 0 Å². The fourth-order valence-corrected chi connectivity index (χ4v) is 3.35.